The molecule has 5 heteroatoms. The summed E-state index contributed by atoms with van der Waals surface area (Å²) in [5.41, 5.74) is 0.112. The molecule has 0 aromatic heterocycles. The third kappa shape index (κ3) is 2.16. The van der Waals surface area contributed by atoms with Crippen molar-refractivity contribution in [3.8, 4) is 0 Å². The molecular weight excluding hydrogens is 354 g/mol. The Morgan fingerprint density at radius 3 is 2.71 bits per heavy atom. The number of nitrogens with one attached hydrogen (secondary N) is 1. The van der Waals surface area contributed by atoms with E-state index in [9.17, 15) is 5.11 Å². The van der Waals surface area contributed by atoms with Crippen molar-refractivity contribution in [2.24, 2.45) is 23.2 Å². The third-order valence-electron chi connectivity index (χ3n) is 6.77. The van der Waals surface area contributed by atoms with Crippen LogP contribution in [0.25, 0.3) is 0 Å². The van der Waals surface area contributed by atoms with E-state index in [1.807, 2.05) is 0 Å². The Morgan fingerprint density at radius 2 is 2.10 bits per heavy atom. The number of rotatable bonds is 2. The van der Waals surface area contributed by atoms with Crippen molar-refractivity contribution in [2.45, 2.75) is 68.3 Å². The van der Waals surface area contributed by atoms with Crippen LogP contribution in [0, 0.1) is 23.2 Å². The Bertz CT molecular complexity index is 417. The van der Waals surface area contributed by atoms with Crippen LogP contribution in [0.3, 0.4) is 0 Å². The number of fused-ring (bicyclic) bond motifs is 2. The van der Waals surface area contributed by atoms with Gasteiger partial charge in [-0.1, -0.05) is 35.7 Å². The van der Waals surface area contributed by atoms with Gasteiger partial charge in [0.25, 0.3) is 0 Å². The topological polar surface area (TPSA) is 44.8 Å². The molecule has 1 spiro atoms. The molecule has 0 aromatic carbocycles. The van der Waals surface area contributed by atoms with Gasteiger partial charge in [-0.05, 0) is 31.1 Å². The van der Waals surface area contributed by atoms with Gasteiger partial charge in [0.1, 0.15) is 6.23 Å². The smallest absolute Gasteiger partial charge is 0.111 e. The van der Waals surface area contributed by atoms with Gasteiger partial charge in [0.2, 0.25) is 0 Å². The molecule has 0 aromatic rings. The highest BCUT2D eigenvalue weighted by Crippen LogP contribution is 2.60. The molecule has 2 aliphatic carbocycles. The van der Waals surface area contributed by atoms with Gasteiger partial charge in [0.05, 0.1) is 18.1 Å². The lowest BCUT2D eigenvalue weighted by atomic mass is 9.59. The largest absolute Gasteiger partial charge is 0.378 e. The molecule has 2 N–H and O–H groups in total. The maximum atomic E-state index is 10.7. The van der Waals surface area contributed by atoms with Crippen LogP contribution in [-0.2, 0) is 4.74 Å². The molecule has 8 atom stereocenters. The third-order valence-corrected chi connectivity index (χ3v) is 8.06. The summed E-state index contributed by atoms with van der Waals surface area (Å²) in [4.78, 5) is 0.461. The summed E-state index contributed by atoms with van der Waals surface area (Å²) in [5.74, 6) is 2.27. The fourth-order valence-electron chi connectivity index (χ4n) is 5.89. The summed E-state index contributed by atoms with van der Waals surface area (Å²) < 4.78 is 5.83. The number of hydrogen-bond donors (Lipinski definition) is 2. The van der Waals surface area contributed by atoms with Gasteiger partial charge < -0.3 is 9.84 Å². The van der Waals surface area contributed by atoms with Gasteiger partial charge in [-0.25, -0.2) is 0 Å². The molecule has 8 unspecified atom stereocenters. The minimum atomic E-state index is -0.320. The second kappa shape index (κ2) is 5.34. The van der Waals surface area contributed by atoms with Crippen molar-refractivity contribution < 1.29 is 9.84 Å². The van der Waals surface area contributed by atoms with Crippen LogP contribution < -0.4 is 5.32 Å². The molecule has 0 amide bonds. The van der Waals surface area contributed by atoms with Crippen LogP contribution in [0.1, 0.15) is 39.0 Å². The van der Waals surface area contributed by atoms with E-state index in [0.717, 1.165) is 6.42 Å². The van der Waals surface area contributed by atoms with E-state index >= 15 is 0 Å². The number of hydrogen-bond acceptors (Lipinski definition) is 3. The van der Waals surface area contributed by atoms with Crippen molar-refractivity contribution in [2.75, 3.05) is 5.88 Å². The van der Waals surface area contributed by atoms with Crippen LogP contribution >= 0.6 is 27.5 Å². The fourth-order valence-corrected chi connectivity index (χ4v) is 7.33. The molecule has 120 valence electrons. The first-order valence-electron chi connectivity index (χ1n) is 8.38. The summed E-state index contributed by atoms with van der Waals surface area (Å²) in [7, 11) is 0. The quantitative estimate of drug-likeness (QED) is 0.574. The predicted molar refractivity (Wildman–Crippen MR) is 86.7 cm³/mol. The van der Waals surface area contributed by atoms with Gasteiger partial charge in [-0.2, -0.15) is 0 Å². The van der Waals surface area contributed by atoms with Crippen molar-refractivity contribution in [3.63, 3.8) is 0 Å². The molecule has 2 saturated heterocycles. The molecule has 2 saturated carbocycles. The monoisotopic (exact) mass is 377 g/mol. The summed E-state index contributed by atoms with van der Waals surface area (Å²) >= 11 is 9.87. The van der Waals surface area contributed by atoms with Gasteiger partial charge >= 0.3 is 0 Å². The van der Waals surface area contributed by atoms with E-state index in [1.54, 1.807) is 0 Å². The molecule has 4 fully saturated rings. The molecular formula is C16H25BrClNO2. The number of halogens is 2. The van der Waals surface area contributed by atoms with Gasteiger partial charge in [0, 0.05) is 22.2 Å². The van der Waals surface area contributed by atoms with Crippen molar-refractivity contribution in [1.29, 1.82) is 0 Å². The highest BCUT2D eigenvalue weighted by Gasteiger charge is 2.63. The summed E-state index contributed by atoms with van der Waals surface area (Å²) in [6.45, 7) is 2.38. The maximum Gasteiger partial charge on any atom is 0.111 e. The lowest BCUT2D eigenvalue weighted by molar-refractivity contribution is -0.0127. The van der Waals surface area contributed by atoms with E-state index in [1.165, 1.54) is 25.7 Å². The minimum absolute atomic E-state index is 0.112. The second-order valence-electron chi connectivity index (χ2n) is 7.62. The molecule has 2 aliphatic heterocycles. The first-order chi connectivity index (χ1) is 10.1. The zero-order chi connectivity index (χ0) is 14.8. The molecule has 4 aliphatic rings. The van der Waals surface area contributed by atoms with E-state index in [-0.39, 0.29) is 17.7 Å². The van der Waals surface area contributed by atoms with Gasteiger partial charge in [-0.3, -0.25) is 5.32 Å². The highest BCUT2D eigenvalue weighted by molar-refractivity contribution is 9.09. The van der Waals surface area contributed by atoms with Crippen molar-refractivity contribution in [3.05, 3.63) is 0 Å². The number of alkyl halides is 2. The first kappa shape index (κ1) is 15.2. The lowest BCUT2D eigenvalue weighted by Crippen LogP contribution is -2.49. The highest BCUT2D eigenvalue weighted by atomic mass is 79.9. The lowest BCUT2D eigenvalue weighted by Gasteiger charge is -2.46. The Labute approximate surface area is 140 Å². The van der Waals surface area contributed by atoms with Crippen LogP contribution in [0.5, 0.6) is 0 Å². The summed E-state index contributed by atoms with van der Waals surface area (Å²) in [5, 5.41) is 14.2. The second-order valence-corrected chi connectivity index (χ2v) is 9.11. The summed E-state index contributed by atoms with van der Waals surface area (Å²) in [6.07, 6.45) is 6.22. The Kier molecular flexibility index (Phi) is 3.86. The standard InChI is InChI=1S/C16H25BrClNO2/c1-8-12(14-11(7-18)21-14)9(17)6-10-13(8)16(15(20)19-10)4-2-3-5-16/h8-15,19-20H,2-7H2,1H3. The molecule has 3 nitrogen and oxygen atoms in total. The maximum absolute atomic E-state index is 10.7. The van der Waals surface area contributed by atoms with Crippen LogP contribution in [0.4, 0.5) is 0 Å². The average Bonchev–Trinajstić information content (AvgIpc) is 2.94. The number of aliphatic hydroxyl groups excluding tert-OH is 1. The molecule has 2 heterocycles. The number of ether oxygens (including phenoxy) is 1. The molecule has 21 heavy (non-hydrogen) atoms. The van der Waals surface area contributed by atoms with Crippen molar-refractivity contribution >= 4 is 27.5 Å². The Morgan fingerprint density at radius 1 is 1.38 bits per heavy atom. The summed E-state index contributed by atoms with van der Waals surface area (Å²) in [6, 6.07) is 0.446. The SMILES string of the molecule is CC1C(C2OC2CCl)C(Br)CC2NC(O)C3(CCCC3)C21. The van der Waals surface area contributed by atoms with Gasteiger partial charge in [-0.15, -0.1) is 11.6 Å². The zero-order valence-electron chi connectivity index (χ0n) is 12.5. The van der Waals surface area contributed by atoms with E-state index in [2.05, 4.69) is 28.2 Å². The Hall–Kier alpha value is 0.650. The van der Waals surface area contributed by atoms with Gasteiger partial charge in [0.15, 0.2) is 0 Å². The first-order valence-corrected chi connectivity index (χ1v) is 9.83. The number of epoxide rings is 1. The molecule has 4 rings (SSSR count). The molecule has 0 radical (unpaired) electrons. The number of aliphatic hydroxyl groups is 1. The Balaban J connectivity index is 1.61. The fraction of sp³-hybridized carbons (Fsp3) is 1.00. The normalized spacial score (nSPS) is 54.9. The van der Waals surface area contributed by atoms with Crippen LogP contribution in [0.2, 0.25) is 0 Å². The average molecular weight is 379 g/mol. The van der Waals surface area contributed by atoms with E-state index in [0.29, 0.717) is 40.6 Å². The minimum Gasteiger partial charge on any atom is -0.378 e. The van der Waals surface area contributed by atoms with E-state index in [4.69, 9.17) is 16.3 Å². The van der Waals surface area contributed by atoms with E-state index < -0.39 is 0 Å². The van der Waals surface area contributed by atoms with Crippen LogP contribution in [-0.4, -0.2) is 40.3 Å². The zero-order valence-corrected chi connectivity index (χ0v) is 14.8. The van der Waals surface area contributed by atoms with Crippen molar-refractivity contribution in [1.82, 2.24) is 5.32 Å². The predicted octanol–water partition coefficient (Wildman–Crippen LogP) is 2.88. The molecule has 0 bridgehead atoms. The van der Waals surface area contributed by atoms with Crippen LogP contribution in [0.15, 0.2) is 0 Å².